The van der Waals surface area contributed by atoms with E-state index in [2.05, 4.69) is 27.1 Å². The quantitative estimate of drug-likeness (QED) is 0.651. The Hall–Kier alpha value is -3.24. The molecule has 5 rings (SSSR count). The van der Waals surface area contributed by atoms with Crippen LogP contribution in [-0.4, -0.2) is 45.9 Å². The summed E-state index contributed by atoms with van der Waals surface area (Å²) in [4.78, 5) is 15.6. The summed E-state index contributed by atoms with van der Waals surface area (Å²) in [6.07, 6.45) is 9.48. The van der Waals surface area contributed by atoms with Crippen molar-refractivity contribution in [1.29, 1.82) is 0 Å². The maximum absolute atomic E-state index is 7.23. The lowest BCUT2D eigenvalue weighted by Crippen LogP contribution is -2.42. The first-order chi connectivity index (χ1) is 15.2. The Morgan fingerprint density at radius 2 is 1.90 bits per heavy atom. The molecule has 0 radical (unpaired) electrons. The zero-order valence-electron chi connectivity index (χ0n) is 17.9. The highest BCUT2D eigenvalue weighted by molar-refractivity contribution is 5.81. The number of rotatable bonds is 4. The number of nitrogens with one attached hydrogen (secondary N) is 1. The van der Waals surface area contributed by atoms with E-state index in [-0.39, 0.29) is 0 Å². The Bertz CT molecular complexity index is 1090. The molecule has 1 aromatic carbocycles. The molecular weight excluding hydrogens is 386 g/mol. The summed E-state index contributed by atoms with van der Waals surface area (Å²) in [6.45, 7) is 14.4. The van der Waals surface area contributed by atoms with Crippen LogP contribution in [-0.2, 0) is 6.54 Å². The van der Waals surface area contributed by atoms with E-state index in [1.807, 2.05) is 47.5 Å². The van der Waals surface area contributed by atoms with E-state index < -0.39 is 0 Å². The van der Waals surface area contributed by atoms with E-state index in [0.29, 0.717) is 11.1 Å². The summed E-state index contributed by atoms with van der Waals surface area (Å²) in [6, 6.07) is 7.65. The number of aryl methyl sites for hydroxylation is 1. The van der Waals surface area contributed by atoms with Crippen molar-refractivity contribution in [2.75, 3.05) is 31.1 Å². The molecule has 2 saturated heterocycles. The molecule has 7 nitrogen and oxygen atoms in total. The van der Waals surface area contributed by atoms with Crippen LogP contribution in [0.2, 0.25) is 0 Å². The minimum absolute atomic E-state index is 0.462. The zero-order valence-corrected chi connectivity index (χ0v) is 17.9. The molecule has 2 aromatic heterocycles. The monoisotopic (exact) mass is 413 g/mol. The normalized spacial score (nSPS) is 17.7. The summed E-state index contributed by atoms with van der Waals surface area (Å²) in [5.74, 6) is 0.789. The van der Waals surface area contributed by atoms with Gasteiger partial charge < -0.3 is 10.2 Å². The van der Waals surface area contributed by atoms with E-state index in [4.69, 9.17) is 16.5 Å². The van der Waals surface area contributed by atoms with E-state index >= 15 is 0 Å². The van der Waals surface area contributed by atoms with Gasteiger partial charge >= 0.3 is 0 Å². The van der Waals surface area contributed by atoms with Crippen molar-refractivity contribution in [3.8, 4) is 22.4 Å². The molecule has 0 aliphatic carbocycles. The van der Waals surface area contributed by atoms with Crippen LogP contribution in [0.15, 0.2) is 42.9 Å². The minimum atomic E-state index is 0.462. The van der Waals surface area contributed by atoms with E-state index in [1.165, 1.54) is 19.3 Å². The van der Waals surface area contributed by atoms with Crippen LogP contribution >= 0.6 is 0 Å². The first-order valence-corrected chi connectivity index (χ1v) is 11.0. The number of hydrogen-bond acceptors (Lipinski definition) is 5. The second kappa shape index (κ2) is 8.12. The molecule has 3 aromatic rings. The lowest BCUT2D eigenvalue weighted by Gasteiger charge is -2.39. The standard InChI is InChI=1S/C24H27N7/c1-3-31-16-19(14-28-31)21-15-27-23(29-22(21)18-4-6-20(25-2)7-5-18)30-12-9-24(10-13-30)8-11-26-17-24/h4-7,14-16,26H,3,8-13,17H2,1H3. The fourth-order valence-corrected chi connectivity index (χ4v) is 4.73. The summed E-state index contributed by atoms with van der Waals surface area (Å²) in [7, 11) is 0. The van der Waals surface area contributed by atoms with Gasteiger partial charge in [-0.25, -0.2) is 14.8 Å². The van der Waals surface area contributed by atoms with Gasteiger partial charge in [0.1, 0.15) is 0 Å². The Morgan fingerprint density at radius 3 is 2.55 bits per heavy atom. The van der Waals surface area contributed by atoms with Crippen molar-refractivity contribution in [3.63, 3.8) is 0 Å². The van der Waals surface area contributed by atoms with Crippen molar-refractivity contribution >= 4 is 11.6 Å². The predicted octanol–water partition coefficient (Wildman–Crippen LogP) is 4.16. The molecule has 0 bridgehead atoms. The van der Waals surface area contributed by atoms with Crippen LogP contribution in [0, 0.1) is 12.0 Å². The van der Waals surface area contributed by atoms with Crippen molar-refractivity contribution in [1.82, 2.24) is 25.1 Å². The molecule has 0 amide bonds. The number of anilines is 1. The Kier molecular flexibility index (Phi) is 5.16. The molecule has 2 fully saturated rings. The number of hydrogen-bond donors (Lipinski definition) is 1. The second-order valence-corrected chi connectivity index (χ2v) is 8.59. The van der Waals surface area contributed by atoms with E-state index in [9.17, 15) is 0 Å². The van der Waals surface area contributed by atoms with Crippen LogP contribution in [0.4, 0.5) is 11.6 Å². The number of nitrogens with zero attached hydrogens (tertiary/aromatic N) is 6. The first kappa shape index (κ1) is 19.7. The van der Waals surface area contributed by atoms with Crippen molar-refractivity contribution in [3.05, 3.63) is 54.3 Å². The molecule has 31 heavy (non-hydrogen) atoms. The smallest absolute Gasteiger partial charge is 0.225 e. The molecule has 1 N–H and O–H groups in total. The average molecular weight is 414 g/mol. The molecule has 158 valence electrons. The largest absolute Gasteiger partial charge is 0.341 e. The lowest BCUT2D eigenvalue weighted by molar-refractivity contribution is 0.246. The Labute approximate surface area is 183 Å². The van der Waals surface area contributed by atoms with Crippen molar-refractivity contribution in [2.24, 2.45) is 5.41 Å². The maximum atomic E-state index is 7.23. The summed E-state index contributed by atoms with van der Waals surface area (Å²) < 4.78 is 1.91. The number of piperidine rings is 1. The summed E-state index contributed by atoms with van der Waals surface area (Å²) in [5.41, 5.74) is 4.94. The molecule has 0 atom stereocenters. The van der Waals surface area contributed by atoms with Crippen molar-refractivity contribution < 1.29 is 0 Å². The lowest BCUT2D eigenvalue weighted by atomic mass is 9.78. The highest BCUT2D eigenvalue weighted by atomic mass is 15.3. The predicted molar refractivity (Wildman–Crippen MR) is 122 cm³/mol. The van der Waals surface area contributed by atoms with Gasteiger partial charge in [-0.1, -0.05) is 24.3 Å². The van der Waals surface area contributed by atoms with Gasteiger partial charge in [-0.05, 0) is 43.7 Å². The van der Waals surface area contributed by atoms with Gasteiger partial charge in [0.2, 0.25) is 5.95 Å². The topological polar surface area (TPSA) is 63.2 Å². The van der Waals surface area contributed by atoms with Crippen molar-refractivity contribution in [2.45, 2.75) is 32.7 Å². The Morgan fingerprint density at radius 1 is 1.10 bits per heavy atom. The van der Waals surface area contributed by atoms with Gasteiger partial charge in [-0.15, -0.1) is 0 Å². The fourth-order valence-electron chi connectivity index (χ4n) is 4.73. The average Bonchev–Trinajstić information content (AvgIpc) is 3.49. The third-order valence-electron chi connectivity index (χ3n) is 6.75. The molecule has 1 spiro atoms. The van der Waals surface area contributed by atoms with Crippen LogP contribution in [0.5, 0.6) is 0 Å². The third kappa shape index (κ3) is 3.79. The second-order valence-electron chi connectivity index (χ2n) is 8.59. The molecule has 4 heterocycles. The van der Waals surface area contributed by atoms with Gasteiger partial charge in [0.05, 0.1) is 18.5 Å². The molecule has 2 aliphatic rings. The van der Waals surface area contributed by atoms with Gasteiger partial charge in [0.15, 0.2) is 5.69 Å². The van der Waals surface area contributed by atoms with Crippen LogP contribution < -0.4 is 10.2 Å². The molecule has 0 saturated carbocycles. The summed E-state index contributed by atoms with van der Waals surface area (Å²) >= 11 is 0. The van der Waals surface area contributed by atoms with Crippen LogP contribution in [0.25, 0.3) is 27.2 Å². The van der Waals surface area contributed by atoms with Gasteiger partial charge in [-0.3, -0.25) is 4.68 Å². The van der Waals surface area contributed by atoms with Gasteiger partial charge in [-0.2, -0.15) is 5.10 Å². The third-order valence-corrected chi connectivity index (χ3v) is 6.75. The first-order valence-electron chi connectivity index (χ1n) is 11.0. The highest BCUT2D eigenvalue weighted by Crippen LogP contribution is 2.38. The SMILES string of the molecule is [C-]#[N+]c1ccc(-c2nc(N3CCC4(CCNC4)CC3)ncc2-c2cnn(CC)c2)cc1. The minimum Gasteiger partial charge on any atom is -0.341 e. The molecule has 7 heteroatoms. The van der Waals surface area contributed by atoms with E-state index in [1.54, 1.807) is 0 Å². The Balaban J connectivity index is 1.50. The van der Waals surface area contributed by atoms with Crippen LogP contribution in [0.3, 0.4) is 0 Å². The van der Waals surface area contributed by atoms with Gasteiger partial charge in [0, 0.05) is 49.7 Å². The number of aromatic nitrogens is 4. The fraction of sp³-hybridized carbons (Fsp3) is 0.417. The van der Waals surface area contributed by atoms with Gasteiger partial charge in [0.25, 0.3) is 0 Å². The molecule has 2 aliphatic heterocycles. The molecule has 0 unspecified atom stereocenters. The zero-order chi connectivity index (χ0) is 21.3. The molecular formula is C24H27N7. The maximum Gasteiger partial charge on any atom is 0.225 e. The summed E-state index contributed by atoms with van der Waals surface area (Å²) in [5, 5.41) is 7.96. The van der Waals surface area contributed by atoms with E-state index in [0.717, 1.165) is 61.1 Å². The highest BCUT2D eigenvalue weighted by Gasteiger charge is 2.37. The number of benzene rings is 1. The van der Waals surface area contributed by atoms with Crippen LogP contribution in [0.1, 0.15) is 26.2 Å².